The maximum atomic E-state index is 5.79. The Labute approximate surface area is 155 Å². The number of rotatable bonds is 7. The first-order valence-electron chi connectivity index (χ1n) is 9.09. The van der Waals surface area contributed by atoms with E-state index >= 15 is 0 Å². The molecule has 0 aliphatic carbocycles. The topological polar surface area (TPSA) is 49.0 Å². The van der Waals surface area contributed by atoms with Gasteiger partial charge in [-0.05, 0) is 61.2 Å². The molecule has 0 saturated carbocycles. The van der Waals surface area contributed by atoms with Gasteiger partial charge < -0.3 is 24.3 Å². The van der Waals surface area contributed by atoms with Gasteiger partial charge in [0.15, 0.2) is 23.0 Å². The van der Waals surface area contributed by atoms with Gasteiger partial charge in [-0.2, -0.15) is 0 Å². The highest BCUT2D eigenvalue weighted by molar-refractivity contribution is 5.53. The van der Waals surface area contributed by atoms with Gasteiger partial charge in [0.1, 0.15) is 0 Å². The van der Waals surface area contributed by atoms with Crippen LogP contribution in [0.1, 0.15) is 36.6 Å². The van der Waals surface area contributed by atoms with E-state index in [4.69, 9.17) is 18.9 Å². The van der Waals surface area contributed by atoms with Gasteiger partial charge in [-0.25, -0.2) is 0 Å². The molecule has 3 rings (SSSR count). The van der Waals surface area contributed by atoms with Crippen molar-refractivity contribution in [1.82, 2.24) is 5.32 Å². The van der Waals surface area contributed by atoms with E-state index in [1.165, 1.54) is 11.1 Å². The zero-order valence-electron chi connectivity index (χ0n) is 15.9. The van der Waals surface area contributed by atoms with Crippen molar-refractivity contribution in [2.45, 2.75) is 26.3 Å². The van der Waals surface area contributed by atoms with E-state index in [-0.39, 0.29) is 6.04 Å². The normalized spacial score (nSPS) is 15.9. The minimum atomic E-state index is 0.0773. The Morgan fingerprint density at radius 3 is 2.27 bits per heavy atom. The molecule has 5 nitrogen and oxygen atoms in total. The monoisotopic (exact) mass is 357 g/mol. The minimum absolute atomic E-state index is 0.0773. The van der Waals surface area contributed by atoms with Crippen LogP contribution in [0, 0.1) is 0 Å². The zero-order chi connectivity index (χ0) is 18.5. The lowest BCUT2D eigenvalue weighted by Gasteiger charge is -2.29. The number of benzene rings is 2. The van der Waals surface area contributed by atoms with Gasteiger partial charge in [-0.1, -0.05) is 6.07 Å². The van der Waals surface area contributed by atoms with Crippen LogP contribution in [0.4, 0.5) is 0 Å². The smallest absolute Gasteiger partial charge is 0.161 e. The van der Waals surface area contributed by atoms with Crippen LogP contribution in [0.5, 0.6) is 23.0 Å². The lowest BCUT2D eigenvalue weighted by Crippen LogP contribution is -2.30. The molecule has 0 bridgehead atoms. The van der Waals surface area contributed by atoms with Crippen LogP contribution >= 0.6 is 0 Å². The van der Waals surface area contributed by atoms with Crippen LogP contribution in [0.25, 0.3) is 0 Å². The highest BCUT2D eigenvalue weighted by Crippen LogP contribution is 2.39. The summed E-state index contributed by atoms with van der Waals surface area (Å²) in [7, 11) is 3.34. The maximum Gasteiger partial charge on any atom is 0.161 e. The molecule has 5 heteroatoms. The molecule has 1 aliphatic heterocycles. The molecule has 1 unspecified atom stereocenters. The summed E-state index contributed by atoms with van der Waals surface area (Å²) >= 11 is 0. The third-order valence-corrected chi connectivity index (χ3v) is 4.60. The number of hydrogen-bond acceptors (Lipinski definition) is 5. The first kappa shape index (κ1) is 18.4. The second-order valence-electron chi connectivity index (χ2n) is 6.12. The van der Waals surface area contributed by atoms with Crippen molar-refractivity contribution in [3.05, 3.63) is 47.0 Å². The first-order valence-corrected chi connectivity index (χ1v) is 9.09. The lowest BCUT2D eigenvalue weighted by molar-refractivity contribution is 0.287. The molecule has 0 spiro atoms. The van der Waals surface area contributed by atoms with E-state index in [1.54, 1.807) is 14.2 Å². The molecule has 140 valence electrons. The molecule has 26 heavy (non-hydrogen) atoms. The molecular formula is C21H27NO4. The van der Waals surface area contributed by atoms with Crippen molar-refractivity contribution < 1.29 is 18.9 Å². The van der Waals surface area contributed by atoms with E-state index in [9.17, 15) is 0 Å². The molecule has 0 radical (unpaired) electrons. The Kier molecular flexibility index (Phi) is 5.89. The second kappa shape index (κ2) is 8.32. The summed E-state index contributed by atoms with van der Waals surface area (Å²) in [5.41, 5.74) is 3.63. The molecule has 1 heterocycles. The van der Waals surface area contributed by atoms with E-state index in [1.807, 2.05) is 19.9 Å². The Morgan fingerprint density at radius 2 is 1.58 bits per heavy atom. The summed E-state index contributed by atoms with van der Waals surface area (Å²) in [6.45, 7) is 6.07. The van der Waals surface area contributed by atoms with Crippen LogP contribution in [-0.2, 0) is 6.42 Å². The van der Waals surface area contributed by atoms with E-state index in [2.05, 4.69) is 29.6 Å². The first-order chi connectivity index (χ1) is 12.7. The van der Waals surface area contributed by atoms with Gasteiger partial charge in [0.25, 0.3) is 0 Å². The summed E-state index contributed by atoms with van der Waals surface area (Å²) in [6, 6.07) is 10.4. The number of hydrogen-bond donors (Lipinski definition) is 1. The summed E-state index contributed by atoms with van der Waals surface area (Å²) in [5, 5.41) is 3.61. The van der Waals surface area contributed by atoms with Crippen molar-refractivity contribution in [2.75, 3.05) is 34.0 Å². The SMILES string of the molecule is CCOc1ccc(C2NCCc3cc(OC)c(OC)cc32)cc1OCC. The summed E-state index contributed by atoms with van der Waals surface area (Å²) < 4.78 is 22.4. The van der Waals surface area contributed by atoms with Crippen LogP contribution in [0.3, 0.4) is 0 Å². The summed E-state index contributed by atoms with van der Waals surface area (Å²) in [4.78, 5) is 0. The summed E-state index contributed by atoms with van der Waals surface area (Å²) in [6.07, 6.45) is 0.960. The number of methoxy groups -OCH3 is 2. The van der Waals surface area contributed by atoms with Gasteiger partial charge >= 0.3 is 0 Å². The van der Waals surface area contributed by atoms with E-state index in [0.29, 0.717) is 13.2 Å². The van der Waals surface area contributed by atoms with Crippen LogP contribution in [0.2, 0.25) is 0 Å². The van der Waals surface area contributed by atoms with Gasteiger partial charge in [-0.15, -0.1) is 0 Å². The molecule has 0 saturated heterocycles. The number of fused-ring (bicyclic) bond motifs is 1. The molecule has 1 aliphatic rings. The second-order valence-corrected chi connectivity index (χ2v) is 6.12. The Balaban J connectivity index is 2.02. The van der Waals surface area contributed by atoms with Crippen molar-refractivity contribution >= 4 is 0 Å². The van der Waals surface area contributed by atoms with E-state index in [0.717, 1.165) is 41.5 Å². The zero-order valence-corrected chi connectivity index (χ0v) is 15.9. The molecule has 0 amide bonds. The standard InChI is InChI=1S/C21H27NO4/c1-5-25-17-8-7-15(12-20(17)26-6-2)21-16-13-19(24-4)18(23-3)11-14(16)9-10-22-21/h7-8,11-13,21-22H,5-6,9-10H2,1-4H3. The molecule has 0 aromatic heterocycles. The molecule has 0 fully saturated rings. The lowest BCUT2D eigenvalue weighted by atomic mass is 9.89. The van der Waals surface area contributed by atoms with Crippen LogP contribution in [0.15, 0.2) is 30.3 Å². The van der Waals surface area contributed by atoms with Crippen molar-refractivity contribution in [3.8, 4) is 23.0 Å². The third-order valence-electron chi connectivity index (χ3n) is 4.60. The van der Waals surface area contributed by atoms with Crippen molar-refractivity contribution in [1.29, 1.82) is 0 Å². The van der Waals surface area contributed by atoms with Gasteiger partial charge in [0.05, 0.1) is 33.5 Å². The Morgan fingerprint density at radius 1 is 0.885 bits per heavy atom. The quantitative estimate of drug-likeness (QED) is 0.818. The van der Waals surface area contributed by atoms with Crippen LogP contribution in [-0.4, -0.2) is 34.0 Å². The van der Waals surface area contributed by atoms with Crippen molar-refractivity contribution in [2.24, 2.45) is 0 Å². The molecule has 2 aromatic carbocycles. The summed E-state index contributed by atoms with van der Waals surface area (Å²) in [5.74, 6) is 3.08. The third kappa shape index (κ3) is 3.58. The minimum Gasteiger partial charge on any atom is -0.493 e. The fourth-order valence-corrected chi connectivity index (χ4v) is 3.43. The van der Waals surface area contributed by atoms with Crippen LogP contribution < -0.4 is 24.3 Å². The van der Waals surface area contributed by atoms with Gasteiger partial charge in [0.2, 0.25) is 0 Å². The van der Waals surface area contributed by atoms with Crippen molar-refractivity contribution in [3.63, 3.8) is 0 Å². The predicted octanol–water partition coefficient (Wildman–Crippen LogP) is 3.74. The van der Waals surface area contributed by atoms with E-state index < -0.39 is 0 Å². The number of nitrogens with one attached hydrogen (secondary N) is 1. The highest BCUT2D eigenvalue weighted by Gasteiger charge is 2.25. The largest absolute Gasteiger partial charge is 0.493 e. The molecule has 2 aromatic rings. The molecular weight excluding hydrogens is 330 g/mol. The number of ether oxygens (including phenoxy) is 4. The maximum absolute atomic E-state index is 5.79. The average molecular weight is 357 g/mol. The average Bonchev–Trinajstić information content (AvgIpc) is 2.68. The fourth-order valence-electron chi connectivity index (χ4n) is 3.43. The Hall–Kier alpha value is -2.40. The van der Waals surface area contributed by atoms with Gasteiger partial charge in [-0.3, -0.25) is 0 Å². The molecule has 1 atom stereocenters. The van der Waals surface area contributed by atoms with Gasteiger partial charge in [0, 0.05) is 6.54 Å². The molecule has 1 N–H and O–H groups in total. The Bertz CT molecular complexity index is 760. The fraction of sp³-hybridized carbons (Fsp3) is 0.429. The predicted molar refractivity (Wildman–Crippen MR) is 102 cm³/mol. The highest BCUT2D eigenvalue weighted by atomic mass is 16.5.